The van der Waals surface area contributed by atoms with E-state index in [9.17, 15) is 14.4 Å². The summed E-state index contributed by atoms with van der Waals surface area (Å²) in [7, 11) is 0. The van der Waals surface area contributed by atoms with Gasteiger partial charge in [-0.25, -0.2) is 4.98 Å². The molecule has 0 saturated carbocycles. The van der Waals surface area contributed by atoms with Gasteiger partial charge in [-0.05, 0) is 42.1 Å². The first kappa shape index (κ1) is 18.1. The van der Waals surface area contributed by atoms with Crippen LogP contribution in [0.3, 0.4) is 0 Å². The highest BCUT2D eigenvalue weighted by Gasteiger charge is 2.31. The van der Waals surface area contributed by atoms with Crippen molar-refractivity contribution in [3.8, 4) is 10.8 Å². The average Bonchev–Trinajstić information content (AvgIpc) is 3.38. The zero-order valence-corrected chi connectivity index (χ0v) is 15.9. The van der Waals surface area contributed by atoms with Gasteiger partial charge in [-0.15, -0.1) is 11.3 Å². The summed E-state index contributed by atoms with van der Waals surface area (Å²) in [4.78, 5) is 42.6. The van der Waals surface area contributed by atoms with E-state index in [-0.39, 0.29) is 37.0 Å². The predicted molar refractivity (Wildman–Crippen MR) is 105 cm³/mol. The minimum atomic E-state index is -0.230. The van der Waals surface area contributed by atoms with Crippen LogP contribution < -0.4 is 10.2 Å². The number of nitrogens with one attached hydrogen (secondary N) is 1. The van der Waals surface area contributed by atoms with Crippen molar-refractivity contribution in [2.24, 2.45) is 0 Å². The van der Waals surface area contributed by atoms with Gasteiger partial charge in [0.15, 0.2) is 0 Å². The van der Waals surface area contributed by atoms with Crippen LogP contribution in [0.4, 0.5) is 11.4 Å². The fourth-order valence-electron chi connectivity index (χ4n) is 3.10. The van der Waals surface area contributed by atoms with Crippen molar-refractivity contribution >= 4 is 40.4 Å². The molecule has 4 rings (SSSR count). The van der Waals surface area contributed by atoms with E-state index >= 15 is 0 Å². The highest BCUT2D eigenvalue weighted by Crippen LogP contribution is 2.28. The monoisotopic (exact) mass is 395 g/mol. The smallest absolute Gasteiger partial charge is 0.236 e. The van der Waals surface area contributed by atoms with Crippen LogP contribution in [-0.2, 0) is 20.8 Å². The summed E-state index contributed by atoms with van der Waals surface area (Å²) >= 11 is 1.52. The highest BCUT2D eigenvalue weighted by atomic mass is 32.1. The molecule has 8 heteroatoms. The number of carbonyl (C=O) groups excluding carboxylic acids is 3. The number of oxazole rings is 1. The predicted octanol–water partition coefficient (Wildman–Crippen LogP) is 3.55. The largest absolute Gasteiger partial charge is 0.444 e. The van der Waals surface area contributed by atoms with Crippen molar-refractivity contribution in [3.05, 3.63) is 53.2 Å². The summed E-state index contributed by atoms with van der Waals surface area (Å²) in [5.74, 6) is -0.126. The Labute approximate surface area is 165 Å². The molecular formula is C20H17N3O4S. The van der Waals surface area contributed by atoms with Crippen molar-refractivity contribution in [1.29, 1.82) is 0 Å². The van der Waals surface area contributed by atoms with Crippen LogP contribution in [0.15, 0.2) is 46.4 Å². The molecule has 28 heavy (non-hydrogen) atoms. The van der Waals surface area contributed by atoms with Gasteiger partial charge < -0.3 is 9.73 Å². The number of amides is 3. The lowest BCUT2D eigenvalue weighted by Crippen LogP contribution is -2.29. The van der Waals surface area contributed by atoms with Gasteiger partial charge in [-0.1, -0.05) is 6.07 Å². The van der Waals surface area contributed by atoms with Gasteiger partial charge in [0.2, 0.25) is 23.6 Å². The summed E-state index contributed by atoms with van der Waals surface area (Å²) in [6.07, 6.45) is 2.04. The number of imide groups is 1. The van der Waals surface area contributed by atoms with Gasteiger partial charge in [-0.3, -0.25) is 19.3 Å². The van der Waals surface area contributed by atoms with Crippen LogP contribution in [0.1, 0.15) is 24.1 Å². The second kappa shape index (κ2) is 7.40. The molecule has 0 bridgehead atoms. The van der Waals surface area contributed by atoms with Crippen LogP contribution in [0.5, 0.6) is 0 Å². The molecule has 1 aromatic carbocycles. The molecule has 0 unspecified atom stereocenters. The molecule has 0 atom stereocenters. The minimum absolute atomic E-state index is 0.0821. The number of aryl methyl sites for hydroxylation is 1. The Bertz CT molecular complexity index is 1040. The molecule has 3 heterocycles. The number of carbonyl (C=O) groups is 3. The van der Waals surface area contributed by atoms with E-state index in [1.54, 1.807) is 25.1 Å². The van der Waals surface area contributed by atoms with Crippen molar-refractivity contribution in [2.45, 2.75) is 26.2 Å². The Balaban J connectivity index is 1.43. The third-order valence-corrected chi connectivity index (χ3v) is 5.26. The molecule has 1 N–H and O–H groups in total. The Morgan fingerprint density at radius 1 is 1.25 bits per heavy atom. The zero-order chi connectivity index (χ0) is 19.7. The Morgan fingerprint density at radius 2 is 2.04 bits per heavy atom. The second-order valence-electron chi connectivity index (χ2n) is 6.47. The molecule has 0 spiro atoms. The molecular weight excluding hydrogens is 378 g/mol. The van der Waals surface area contributed by atoms with Gasteiger partial charge in [0, 0.05) is 18.5 Å². The Hall–Kier alpha value is -3.26. The fraction of sp³-hybridized carbons (Fsp3) is 0.200. The fourth-order valence-corrected chi connectivity index (χ4v) is 3.76. The number of anilines is 2. The molecule has 7 nitrogen and oxygen atoms in total. The molecule has 1 aliphatic rings. The molecule has 3 amide bonds. The van der Waals surface area contributed by atoms with Crippen molar-refractivity contribution < 1.29 is 18.8 Å². The lowest BCUT2D eigenvalue weighted by molar-refractivity contribution is -0.121. The first-order chi connectivity index (χ1) is 13.5. The Kier molecular flexibility index (Phi) is 4.79. The summed E-state index contributed by atoms with van der Waals surface area (Å²) in [6.45, 7) is 1.80. The number of benzene rings is 1. The quantitative estimate of drug-likeness (QED) is 0.667. The van der Waals surface area contributed by atoms with E-state index in [4.69, 9.17) is 4.42 Å². The van der Waals surface area contributed by atoms with Crippen molar-refractivity contribution in [1.82, 2.24) is 4.98 Å². The Morgan fingerprint density at radius 3 is 2.71 bits per heavy atom. The van der Waals surface area contributed by atoms with Crippen LogP contribution in [-0.4, -0.2) is 22.7 Å². The molecule has 3 aromatic rings. The number of nitrogens with zero attached hydrogens (tertiary/aromatic N) is 2. The minimum Gasteiger partial charge on any atom is -0.444 e. The molecule has 1 saturated heterocycles. The number of thiophene rings is 1. The van der Waals surface area contributed by atoms with Crippen LogP contribution >= 0.6 is 11.3 Å². The summed E-state index contributed by atoms with van der Waals surface area (Å²) < 4.78 is 5.42. The van der Waals surface area contributed by atoms with E-state index < -0.39 is 0 Å². The molecule has 0 radical (unpaired) electrons. The zero-order valence-electron chi connectivity index (χ0n) is 15.1. The first-order valence-electron chi connectivity index (χ1n) is 8.76. The topological polar surface area (TPSA) is 92.5 Å². The lowest BCUT2D eigenvalue weighted by atomic mass is 10.1. The van der Waals surface area contributed by atoms with Gasteiger partial charge in [0.1, 0.15) is 6.26 Å². The maximum atomic E-state index is 12.3. The third-order valence-electron chi connectivity index (χ3n) is 4.40. The SMILES string of the molecule is Cc1cc(NC(=O)Cc2coc(-c3cccs3)n2)ccc1N1C(=O)CCC1=O. The summed E-state index contributed by atoms with van der Waals surface area (Å²) in [5.41, 5.74) is 2.43. The van der Waals surface area contributed by atoms with E-state index in [2.05, 4.69) is 10.3 Å². The van der Waals surface area contributed by atoms with E-state index in [1.807, 2.05) is 17.5 Å². The third kappa shape index (κ3) is 3.59. The number of hydrogen-bond donors (Lipinski definition) is 1. The standard InChI is InChI=1S/C20H17N3O4S/c1-12-9-13(4-5-15(12)23-18(25)6-7-19(23)26)21-17(24)10-14-11-27-20(22-14)16-3-2-8-28-16/h2-5,8-9,11H,6-7,10H2,1H3,(H,21,24). The maximum Gasteiger partial charge on any atom is 0.236 e. The molecule has 1 aliphatic heterocycles. The van der Waals surface area contributed by atoms with E-state index in [0.717, 1.165) is 10.4 Å². The highest BCUT2D eigenvalue weighted by molar-refractivity contribution is 7.13. The number of hydrogen-bond acceptors (Lipinski definition) is 6. The van der Waals surface area contributed by atoms with Crippen LogP contribution in [0, 0.1) is 6.92 Å². The molecule has 2 aromatic heterocycles. The van der Waals surface area contributed by atoms with Gasteiger partial charge >= 0.3 is 0 Å². The van der Waals surface area contributed by atoms with Gasteiger partial charge in [0.25, 0.3) is 0 Å². The maximum absolute atomic E-state index is 12.3. The number of rotatable bonds is 5. The van der Waals surface area contributed by atoms with E-state index in [1.165, 1.54) is 22.5 Å². The summed E-state index contributed by atoms with van der Waals surface area (Å²) in [6, 6.07) is 8.91. The normalized spacial score (nSPS) is 14.0. The molecule has 142 valence electrons. The lowest BCUT2D eigenvalue weighted by Gasteiger charge is -2.17. The van der Waals surface area contributed by atoms with Gasteiger partial charge in [-0.2, -0.15) is 0 Å². The molecule has 0 aliphatic carbocycles. The van der Waals surface area contributed by atoms with Crippen LogP contribution in [0.2, 0.25) is 0 Å². The first-order valence-corrected chi connectivity index (χ1v) is 9.64. The number of aromatic nitrogens is 1. The summed E-state index contributed by atoms with van der Waals surface area (Å²) in [5, 5.41) is 4.74. The molecule has 1 fully saturated rings. The van der Waals surface area contributed by atoms with Crippen LogP contribution in [0.25, 0.3) is 10.8 Å². The van der Waals surface area contributed by atoms with Crippen molar-refractivity contribution in [3.63, 3.8) is 0 Å². The average molecular weight is 395 g/mol. The van der Waals surface area contributed by atoms with Crippen molar-refractivity contribution in [2.75, 3.05) is 10.2 Å². The van der Waals surface area contributed by atoms with E-state index in [0.29, 0.717) is 23.0 Å². The second-order valence-corrected chi connectivity index (χ2v) is 7.42. The van der Waals surface area contributed by atoms with Gasteiger partial charge in [0.05, 0.1) is 22.7 Å².